The van der Waals surface area contributed by atoms with Crippen LogP contribution in [0.15, 0.2) is 24.3 Å². The second-order valence-electron chi connectivity index (χ2n) is 5.91. The highest BCUT2D eigenvalue weighted by molar-refractivity contribution is 5.49. The molecule has 20 heavy (non-hydrogen) atoms. The van der Waals surface area contributed by atoms with Crippen molar-refractivity contribution in [3.8, 4) is 0 Å². The van der Waals surface area contributed by atoms with Gasteiger partial charge in [0.2, 0.25) is 0 Å². The van der Waals surface area contributed by atoms with Gasteiger partial charge in [-0.1, -0.05) is 19.1 Å². The van der Waals surface area contributed by atoms with E-state index in [0.29, 0.717) is 18.2 Å². The van der Waals surface area contributed by atoms with Crippen LogP contribution in [0.3, 0.4) is 0 Å². The largest absolute Gasteiger partial charge is 0.375 e. The third-order valence-corrected chi connectivity index (χ3v) is 4.03. The highest BCUT2D eigenvalue weighted by Crippen LogP contribution is 2.24. The fourth-order valence-electron chi connectivity index (χ4n) is 2.70. The molecule has 0 amide bonds. The molecule has 0 saturated carbocycles. The highest BCUT2D eigenvalue weighted by Gasteiger charge is 2.23. The number of anilines is 1. The zero-order valence-electron chi connectivity index (χ0n) is 13.2. The molecule has 1 N–H and O–H groups in total. The van der Waals surface area contributed by atoms with Gasteiger partial charge in [-0.25, -0.2) is 0 Å². The van der Waals surface area contributed by atoms with Crippen LogP contribution >= 0.6 is 0 Å². The normalized spacial score (nSPS) is 24.7. The lowest BCUT2D eigenvalue weighted by molar-refractivity contribution is 0.0344. The fourth-order valence-corrected chi connectivity index (χ4v) is 2.70. The van der Waals surface area contributed by atoms with E-state index in [-0.39, 0.29) is 0 Å². The first-order chi connectivity index (χ1) is 9.61. The molecule has 1 aromatic carbocycles. The van der Waals surface area contributed by atoms with E-state index in [1.54, 1.807) is 0 Å². The predicted molar refractivity (Wildman–Crippen MR) is 85.4 cm³/mol. The molecule has 112 valence electrons. The van der Waals surface area contributed by atoms with Gasteiger partial charge in [0.05, 0.1) is 12.7 Å². The van der Waals surface area contributed by atoms with E-state index in [9.17, 15) is 0 Å². The van der Waals surface area contributed by atoms with Crippen LogP contribution in [0.5, 0.6) is 0 Å². The monoisotopic (exact) mass is 276 g/mol. The number of hydrogen-bond acceptors (Lipinski definition) is 3. The maximum atomic E-state index is 5.70. The van der Waals surface area contributed by atoms with E-state index < -0.39 is 0 Å². The van der Waals surface area contributed by atoms with E-state index >= 15 is 0 Å². The molecule has 3 atom stereocenters. The molecule has 1 heterocycles. The minimum absolute atomic E-state index is 0.316. The van der Waals surface area contributed by atoms with Gasteiger partial charge in [0.25, 0.3) is 0 Å². The van der Waals surface area contributed by atoms with Crippen molar-refractivity contribution in [2.45, 2.75) is 52.3 Å². The van der Waals surface area contributed by atoms with Gasteiger partial charge < -0.3 is 15.0 Å². The average molecular weight is 276 g/mol. The smallest absolute Gasteiger partial charge is 0.0723 e. The Balaban J connectivity index is 2.03. The van der Waals surface area contributed by atoms with Crippen LogP contribution in [0, 0.1) is 0 Å². The Morgan fingerprint density at radius 1 is 1.30 bits per heavy atom. The highest BCUT2D eigenvalue weighted by atomic mass is 16.5. The van der Waals surface area contributed by atoms with Gasteiger partial charge in [0.1, 0.15) is 0 Å². The van der Waals surface area contributed by atoms with Gasteiger partial charge in [-0.15, -0.1) is 0 Å². The van der Waals surface area contributed by atoms with Crippen LogP contribution in [-0.4, -0.2) is 31.8 Å². The Morgan fingerprint density at radius 2 is 2.00 bits per heavy atom. The van der Waals surface area contributed by atoms with Crippen molar-refractivity contribution in [3.63, 3.8) is 0 Å². The van der Waals surface area contributed by atoms with E-state index in [0.717, 1.165) is 19.7 Å². The molecule has 0 aliphatic carbocycles. The van der Waals surface area contributed by atoms with Gasteiger partial charge in [0, 0.05) is 24.3 Å². The Hall–Kier alpha value is -1.06. The molecule has 0 bridgehead atoms. The zero-order valence-corrected chi connectivity index (χ0v) is 13.2. The van der Waals surface area contributed by atoms with Crippen molar-refractivity contribution >= 4 is 5.69 Å². The maximum Gasteiger partial charge on any atom is 0.0723 e. The van der Waals surface area contributed by atoms with Gasteiger partial charge in [-0.3, -0.25) is 0 Å². The Morgan fingerprint density at radius 3 is 2.65 bits per heavy atom. The molecule has 0 spiro atoms. The van der Waals surface area contributed by atoms with Crippen LogP contribution in [0.2, 0.25) is 0 Å². The summed E-state index contributed by atoms with van der Waals surface area (Å²) in [5.74, 6) is 0. The standard InChI is InChI=1S/C17H28N2O/c1-5-10-18-15(4)16-6-8-17(9-7-16)19-11-14(3)20-12-13(19)2/h6-9,13-15,18H,5,10-12H2,1-4H3. The zero-order chi connectivity index (χ0) is 14.5. The van der Waals surface area contributed by atoms with Gasteiger partial charge >= 0.3 is 0 Å². The number of hydrogen-bond donors (Lipinski definition) is 1. The fraction of sp³-hybridized carbons (Fsp3) is 0.647. The summed E-state index contributed by atoms with van der Waals surface area (Å²) in [5, 5.41) is 3.53. The molecule has 1 aliphatic rings. The maximum absolute atomic E-state index is 5.70. The van der Waals surface area contributed by atoms with Crippen LogP contribution in [0.4, 0.5) is 5.69 Å². The first kappa shape index (κ1) is 15.3. The van der Waals surface area contributed by atoms with Crippen molar-refractivity contribution < 1.29 is 4.74 Å². The summed E-state index contributed by atoms with van der Waals surface area (Å²) in [6, 6.07) is 9.85. The summed E-state index contributed by atoms with van der Waals surface area (Å²) in [7, 11) is 0. The number of benzene rings is 1. The van der Waals surface area contributed by atoms with E-state index in [2.05, 4.69) is 62.2 Å². The number of ether oxygens (including phenoxy) is 1. The van der Waals surface area contributed by atoms with Crippen molar-refractivity contribution in [2.75, 3.05) is 24.6 Å². The number of rotatable bonds is 5. The molecular weight excluding hydrogens is 248 g/mol. The molecule has 1 saturated heterocycles. The third-order valence-electron chi connectivity index (χ3n) is 4.03. The van der Waals surface area contributed by atoms with Gasteiger partial charge in [0.15, 0.2) is 0 Å². The number of nitrogens with one attached hydrogen (secondary N) is 1. The minimum atomic E-state index is 0.316. The molecule has 1 fully saturated rings. The van der Waals surface area contributed by atoms with E-state index in [1.807, 2.05) is 0 Å². The van der Waals surface area contributed by atoms with E-state index in [4.69, 9.17) is 4.74 Å². The number of morpholine rings is 1. The molecule has 3 nitrogen and oxygen atoms in total. The van der Waals surface area contributed by atoms with Crippen molar-refractivity contribution in [1.29, 1.82) is 0 Å². The Bertz CT molecular complexity index is 404. The summed E-state index contributed by atoms with van der Waals surface area (Å²) in [6.07, 6.45) is 1.49. The SMILES string of the molecule is CCCNC(C)c1ccc(N2CC(C)OCC2C)cc1. The second kappa shape index (κ2) is 7.09. The molecule has 1 aliphatic heterocycles. The Kier molecular flexibility index (Phi) is 5.44. The molecule has 0 aromatic heterocycles. The van der Waals surface area contributed by atoms with Gasteiger partial charge in [-0.05, 0) is 51.4 Å². The summed E-state index contributed by atoms with van der Waals surface area (Å²) in [4.78, 5) is 2.45. The molecular formula is C17H28N2O. The van der Waals surface area contributed by atoms with Crippen molar-refractivity contribution in [3.05, 3.63) is 29.8 Å². The first-order valence-electron chi connectivity index (χ1n) is 7.83. The lowest BCUT2D eigenvalue weighted by Crippen LogP contribution is -2.47. The van der Waals surface area contributed by atoms with Gasteiger partial charge in [-0.2, -0.15) is 0 Å². The summed E-state index contributed by atoms with van der Waals surface area (Å²) < 4.78 is 5.70. The van der Waals surface area contributed by atoms with Crippen LogP contribution < -0.4 is 10.2 Å². The quantitative estimate of drug-likeness (QED) is 0.892. The van der Waals surface area contributed by atoms with Crippen LogP contribution in [-0.2, 0) is 4.74 Å². The van der Waals surface area contributed by atoms with E-state index in [1.165, 1.54) is 17.7 Å². The lowest BCUT2D eigenvalue weighted by atomic mass is 10.1. The molecule has 2 rings (SSSR count). The van der Waals surface area contributed by atoms with Crippen LogP contribution in [0.25, 0.3) is 0 Å². The lowest BCUT2D eigenvalue weighted by Gasteiger charge is -2.38. The summed E-state index contributed by atoms with van der Waals surface area (Å²) >= 11 is 0. The van der Waals surface area contributed by atoms with Crippen molar-refractivity contribution in [2.24, 2.45) is 0 Å². The topological polar surface area (TPSA) is 24.5 Å². The summed E-state index contributed by atoms with van der Waals surface area (Å²) in [6.45, 7) is 11.7. The molecule has 0 radical (unpaired) electrons. The minimum Gasteiger partial charge on any atom is -0.375 e. The molecule has 3 unspecified atom stereocenters. The average Bonchev–Trinajstić information content (AvgIpc) is 2.47. The third kappa shape index (κ3) is 3.74. The molecule has 1 aromatic rings. The second-order valence-corrected chi connectivity index (χ2v) is 5.91. The molecule has 3 heteroatoms. The first-order valence-corrected chi connectivity index (χ1v) is 7.83. The van der Waals surface area contributed by atoms with Crippen LogP contribution in [0.1, 0.15) is 45.7 Å². The number of nitrogens with zero attached hydrogens (tertiary/aromatic N) is 1. The summed E-state index contributed by atoms with van der Waals surface area (Å²) in [5.41, 5.74) is 2.66. The van der Waals surface area contributed by atoms with Crippen molar-refractivity contribution in [1.82, 2.24) is 5.32 Å². The predicted octanol–water partition coefficient (Wildman–Crippen LogP) is 3.36. The Labute approximate surface area is 123 Å².